The van der Waals surface area contributed by atoms with Crippen LogP contribution in [-0.4, -0.2) is 249 Å². The van der Waals surface area contributed by atoms with Crippen molar-refractivity contribution in [2.75, 3.05) is 60.4 Å². The molecule has 0 aromatic rings. The maximum absolute atomic E-state index is 14.0. The Morgan fingerprint density at radius 3 is 1.52 bits per heavy atom. The molecule has 3 aliphatic rings. The molecule has 0 bridgehead atoms. The molecule has 0 spiro atoms. The van der Waals surface area contributed by atoms with Gasteiger partial charge in [-0.1, -0.05) is 41.5 Å². The van der Waals surface area contributed by atoms with Gasteiger partial charge in [0.2, 0.25) is 17.7 Å². The maximum atomic E-state index is 14.0. The van der Waals surface area contributed by atoms with E-state index in [0.717, 1.165) is 0 Å². The molecule has 19 atom stereocenters. The predicted octanol–water partition coefficient (Wildman–Crippen LogP) is -1.78. The highest BCUT2D eigenvalue weighted by Crippen LogP contribution is 2.31. The topological polar surface area (TPSA) is 397 Å². The number of carbonyl (C=O) groups is 7. The van der Waals surface area contributed by atoms with Crippen molar-refractivity contribution in [2.24, 2.45) is 0 Å². The lowest BCUT2D eigenvalue weighted by molar-refractivity contribution is -0.301. The molecule has 29 nitrogen and oxygen atoms in total. The fraction of sp³-hybridized carbons (Fsp3) is 0.868. The minimum atomic E-state index is -1.82. The zero-order valence-electron chi connectivity index (χ0n) is 48.5. The molecular weight excluding hydrogens is 1090 g/mol. The molecule has 82 heavy (non-hydrogen) atoms. The molecule has 29 heteroatoms. The number of aliphatic hydroxyl groups excluding tert-OH is 6. The first-order valence-electron chi connectivity index (χ1n) is 28.2. The molecule has 3 rings (SSSR count). The molecule has 9 unspecified atom stereocenters. The number of aliphatic hydroxyl groups is 6. The number of hydrogen-bond acceptors (Lipinski definition) is 26. The summed E-state index contributed by atoms with van der Waals surface area (Å²) in [5.74, 6) is -4.89. The van der Waals surface area contributed by atoms with Crippen molar-refractivity contribution < 1.29 is 126 Å². The van der Waals surface area contributed by atoms with Crippen LogP contribution in [0, 0.1) is 0 Å². The first kappa shape index (κ1) is 72.0. The second-order valence-electron chi connectivity index (χ2n) is 20.0. The molecule has 0 saturated carbocycles. The van der Waals surface area contributed by atoms with Crippen molar-refractivity contribution in [2.45, 2.75) is 236 Å². The van der Waals surface area contributed by atoms with Crippen LogP contribution in [-0.2, 0) is 95.1 Å². The largest absolute Gasteiger partial charge is 0.462 e. The fourth-order valence-electron chi connectivity index (χ4n) is 8.75. The highest BCUT2D eigenvalue weighted by atomic mass is 16.7. The maximum Gasteiger partial charge on any atom is 0.308 e. The van der Waals surface area contributed by atoms with Crippen LogP contribution in [0.3, 0.4) is 0 Å². The number of carbonyl (C=O) groups excluding carboxylic acids is 7. The average molecular weight is 1190 g/mol. The average Bonchev–Trinajstić information content (AvgIpc) is 3.56. The van der Waals surface area contributed by atoms with Gasteiger partial charge in [-0.05, 0) is 32.6 Å². The number of esters is 4. The molecule has 0 aliphatic carbocycles. The zero-order chi connectivity index (χ0) is 61.1. The van der Waals surface area contributed by atoms with Crippen molar-refractivity contribution in [3.05, 3.63) is 0 Å². The Hall–Kier alpha value is -4.31. The Morgan fingerprint density at radius 2 is 1.01 bits per heavy atom. The van der Waals surface area contributed by atoms with Gasteiger partial charge in [0.1, 0.15) is 67.0 Å². The summed E-state index contributed by atoms with van der Waals surface area (Å²) in [5, 5.41) is 70.9. The Balaban J connectivity index is 1.88. The molecule has 0 aromatic heterocycles. The van der Waals surface area contributed by atoms with Crippen LogP contribution in [0.1, 0.15) is 119 Å². The van der Waals surface area contributed by atoms with E-state index in [1.807, 2.05) is 0 Å². The van der Waals surface area contributed by atoms with Crippen LogP contribution in [0.2, 0.25) is 0 Å². The zero-order valence-corrected chi connectivity index (χ0v) is 48.5. The lowest BCUT2D eigenvalue weighted by Gasteiger charge is -2.47. The molecule has 3 aliphatic heterocycles. The van der Waals surface area contributed by atoms with E-state index < -0.39 is 177 Å². The Morgan fingerprint density at radius 1 is 0.500 bits per heavy atom. The Kier molecular flexibility index (Phi) is 33.2. The summed E-state index contributed by atoms with van der Waals surface area (Å²) in [6.07, 6.45) is -23.0. The molecule has 9 N–H and O–H groups in total. The van der Waals surface area contributed by atoms with Gasteiger partial charge < -0.3 is 108 Å². The van der Waals surface area contributed by atoms with Gasteiger partial charge in [0.25, 0.3) is 0 Å². The molecule has 3 saturated heterocycles. The first-order chi connectivity index (χ1) is 39.1. The lowest BCUT2D eigenvalue weighted by atomic mass is 9.94. The van der Waals surface area contributed by atoms with Gasteiger partial charge in [-0.3, -0.25) is 33.6 Å². The van der Waals surface area contributed by atoms with E-state index in [-0.39, 0.29) is 97.4 Å². The highest BCUT2D eigenvalue weighted by Gasteiger charge is 2.53. The third-order valence-electron chi connectivity index (χ3n) is 13.8. The van der Waals surface area contributed by atoms with Gasteiger partial charge in [0.05, 0.1) is 83.6 Å². The molecule has 3 fully saturated rings. The molecule has 0 radical (unpaired) electrons. The van der Waals surface area contributed by atoms with Crippen LogP contribution >= 0.6 is 0 Å². The first-order valence-corrected chi connectivity index (χ1v) is 28.2. The van der Waals surface area contributed by atoms with E-state index in [2.05, 4.69) is 16.0 Å². The second kappa shape index (κ2) is 37.9. The predicted molar refractivity (Wildman–Crippen MR) is 280 cm³/mol. The fourth-order valence-corrected chi connectivity index (χ4v) is 8.75. The van der Waals surface area contributed by atoms with E-state index in [4.69, 9.17) is 61.6 Å². The molecule has 3 heterocycles. The summed E-state index contributed by atoms with van der Waals surface area (Å²) in [6.45, 7) is 10.6. The van der Waals surface area contributed by atoms with E-state index in [9.17, 15) is 64.2 Å². The van der Waals surface area contributed by atoms with Crippen molar-refractivity contribution in [3.8, 4) is 0 Å². The van der Waals surface area contributed by atoms with E-state index in [0.29, 0.717) is 0 Å². The van der Waals surface area contributed by atoms with E-state index >= 15 is 0 Å². The SMILES string of the molecule is CCC(=O)O[C@H](CC)CC(=O)NC1C(OC(=O)C[C@H](O)CC)[C@H](O)C(CO[C@@H]2OC(CNC(=O)CCOCCOCCO[C@@H]3OC(C)[C@H](O)C(O)C3O)[C@@H](OC)C(OC(=O)C[C@H](O)CC)C2NC(=O)C[C@@H](CC)OC(=O)CC)O[C@H]1OC. The van der Waals surface area contributed by atoms with Gasteiger partial charge in [-0.2, -0.15) is 0 Å². The monoisotopic (exact) mass is 1190 g/mol. The quantitative estimate of drug-likeness (QED) is 0.0189. The van der Waals surface area contributed by atoms with Gasteiger partial charge in [0, 0.05) is 40.0 Å². The van der Waals surface area contributed by atoms with Crippen molar-refractivity contribution >= 4 is 41.6 Å². The van der Waals surface area contributed by atoms with Gasteiger partial charge in [-0.25, -0.2) is 0 Å². The van der Waals surface area contributed by atoms with Crippen LogP contribution in [0.25, 0.3) is 0 Å². The number of nitrogens with one attached hydrogen (secondary N) is 3. The number of hydrogen-bond donors (Lipinski definition) is 9. The van der Waals surface area contributed by atoms with Crippen LogP contribution in [0.4, 0.5) is 0 Å². The summed E-state index contributed by atoms with van der Waals surface area (Å²) in [6, 6.07) is -2.87. The third-order valence-corrected chi connectivity index (χ3v) is 13.8. The number of amides is 3. The van der Waals surface area contributed by atoms with Crippen LogP contribution in [0.5, 0.6) is 0 Å². The van der Waals surface area contributed by atoms with Crippen molar-refractivity contribution in [1.82, 2.24) is 16.0 Å². The summed E-state index contributed by atoms with van der Waals surface area (Å²) in [4.78, 5) is 92.0. The minimum absolute atomic E-state index is 0.0163. The summed E-state index contributed by atoms with van der Waals surface area (Å²) < 4.78 is 74.8. The minimum Gasteiger partial charge on any atom is -0.462 e. The van der Waals surface area contributed by atoms with E-state index in [1.54, 1.807) is 41.5 Å². The Bertz CT molecular complexity index is 1940. The summed E-state index contributed by atoms with van der Waals surface area (Å²) >= 11 is 0. The smallest absolute Gasteiger partial charge is 0.308 e. The summed E-state index contributed by atoms with van der Waals surface area (Å²) in [5.41, 5.74) is 0. The van der Waals surface area contributed by atoms with Gasteiger partial charge >= 0.3 is 23.9 Å². The van der Waals surface area contributed by atoms with Crippen molar-refractivity contribution in [3.63, 3.8) is 0 Å². The van der Waals surface area contributed by atoms with Gasteiger partial charge in [-0.15, -0.1) is 0 Å². The normalized spacial score (nSPS) is 29.7. The van der Waals surface area contributed by atoms with E-state index in [1.165, 1.54) is 21.1 Å². The number of methoxy groups -OCH3 is 2. The molecule has 0 aromatic carbocycles. The van der Waals surface area contributed by atoms with Crippen LogP contribution in [0.15, 0.2) is 0 Å². The van der Waals surface area contributed by atoms with Crippen LogP contribution < -0.4 is 16.0 Å². The standard InChI is InChI=1S/C53H91N3O26/c1-10-29(57)22-40(64)81-49-42(55-36(60)24-31(12-3)77-38(62)14-5)51(71-9)80-34(45(49)67)27-75-52-43(56-37(61)25-32(13-4)78-39(63)15-6)50(82-41(65)23-30(58)11-2)48(70-8)33(79-52)26-54-35(59)16-17-72-18-19-73-20-21-74-53-47(69)46(68)44(66)28(7)76-53/h28-34,42-53,57-58,66-69H,10-27H2,1-9H3,(H,54,59)(H,55,60)(H,56,61)/t28?,29-,30-,31-,32-,33?,34?,42?,43?,44+,45-,46?,47?,48-,49?,50?,51-,52-,53-/m1/s1. The molecule has 3 amide bonds. The molecule has 474 valence electrons. The Labute approximate surface area is 478 Å². The summed E-state index contributed by atoms with van der Waals surface area (Å²) in [7, 11) is 2.48. The number of ether oxygens (including phenoxy) is 13. The van der Waals surface area contributed by atoms with Crippen molar-refractivity contribution in [1.29, 1.82) is 0 Å². The third kappa shape index (κ3) is 23.6. The lowest BCUT2D eigenvalue weighted by Crippen LogP contribution is -2.68. The molecular formula is C53H91N3O26. The highest BCUT2D eigenvalue weighted by molar-refractivity contribution is 5.79. The second-order valence-corrected chi connectivity index (χ2v) is 20.0. The number of rotatable bonds is 37. The van der Waals surface area contributed by atoms with Gasteiger partial charge in [0.15, 0.2) is 31.1 Å².